The van der Waals surface area contributed by atoms with Crippen LogP contribution in [0.1, 0.15) is 48.7 Å². The second-order valence-electron chi connectivity index (χ2n) is 7.62. The van der Waals surface area contributed by atoms with Gasteiger partial charge in [-0.2, -0.15) is 0 Å². The molecule has 2 aromatic rings. The third-order valence-electron chi connectivity index (χ3n) is 5.10. The number of ether oxygens (including phenoxy) is 1. The fraction of sp³-hybridized carbons (Fsp3) is 0.304. The Morgan fingerprint density at radius 3 is 2.64 bits per heavy atom. The van der Waals surface area contributed by atoms with Gasteiger partial charge in [-0.3, -0.25) is 9.69 Å². The highest BCUT2D eigenvalue weighted by Gasteiger charge is 2.31. The number of nitrogens with one attached hydrogen (secondary N) is 1. The molecule has 1 aliphatic rings. The molecule has 2 aromatic carbocycles. The van der Waals surface area contributed by atoms with Gasteiger partial charge in [0, 0.05) is 24.6 Å². The highest BCUT2D eigenvalue weighted by atomic mass is 16.5. The number of ketones is 1. The zero-order chi connectivity index (χ0) is 20.5. The van der Waals surface area contributed by atoms with Crippen molar-refractivity contribution in [2.24, 2.45) is 0 Å². The maximum Gasteiger partial charge on any atom is 0.322 e. The van der Waals surface area contributed by atoms with Crippen molar-refractivity contribution in [3.05, 3.63) is 65.7 Å². The van der Waals surface area contributed by atoms with Gasteiger partial charge in [0.1, 0.15) is 5.75 Å². The normalized spacial score (nSPS) is 13.7. The van der Waals surface area contributed by atoms with Crippen LogP contribution in [-0.2, 0) is 5.54 Å². The molecule has 0 saturated carbocycles. The van der Waals surface area contributed by atoms with Crippen molar-refractivity contribution in [3.8, 4) is 5.75 Å². The van der Waals surface area contributed by atoms with E-state index in [1.165, 1.54) is 0 Å². The minimum atomic E-state index is -0.594. The number of nitrogens with zero attached hydrogens (tertiary/aromatic N) is 1. The van der Waals surface area contributed by atoms with Crippen LogP contribution in [0.25, 0.3) is 5.57 Å². The van der Waals surface area contributed by atoms with Crippen LogP contribution in [0, 0.1) is 0 Å². The smallest absolute Gasteiger partial charge is 0.322 e. The first-order valence-electron chi connectivity index (χ1n) is 9.30. The molecule has 3 rings (SSSR count). The Morgan fingerprint density at radius 2 is 1.96 bits per heavy atom. The van der Waals surface area contributed by atoms with Gasteiger partial charge in [0.25, 0.3) is 0 Å². The lowest BCUT2D eigenvalue weighted by Gasteiger charge is -2.34. The maximum atomic E-state index is 13.1. The predicted octanol–water partition coefficient (Wildman–Crippen LogP) is 4.77. The second kappa shape index (κ2) is 7.50. The number of rotatable bonds is 4. The van der Waals surface area contributed by atoms with E-state index < -0.39 is 5.54 Å². The van der Waals surface area contributed by atoms with Crippen LogP contribution >= 0.6 is 0 Å². The number of carbonyl (C=O) groups excluding carboxylic acids is 2. The number of hydrogen-bond donors (Lipinski definition) is 1. The predicted molar refractivity (Wildman–Crippen MR) is 112 cm³/mol. The van der Waals surface area contributed by atoms with Crippen LogP contribution in [0.2, 0.25) is 0 Å². The zero-order valence-corrected chi connectivity index (χ0v) is 16.8. The number of fused-ring (bicyclic) bond motifs is 1. The van der Waals surface area contributed by atoms with Crippen molar-refractivity contribution in [2.45, 2.75) is 32.7 Å². The first kappa shape index (κ1) is 19.7. The molecule has 0 fully saturated rings. The number of hydrogen-bond acceptors (Lipinski definition) is 3. The fourth-order valence-electron chi connectivity index (χ4n) is 3.36. The van der Waals surface area contributed by atoms with Gasteiger partial charge in [0.05, 0.1) is 18.3 Å². The Kier molecular flexibility index (Phi) is 5.27. The topological polar surface area (TPSA) is 58.6 Å². The number of methoxy groups -OCH3 is 1. The van der Waals surface area contributed by atoms with Gasteiger partial charge in [-0.25, -0.2) is 4.79 Å². The van der Waals surface area contributed by atoms with Crippen molar-refractivity contribution in [2.75, 3.05) is 18.6 Å². The summed E-state index contributed by atoms with van der Waals surface area (Å²) in [5.41, 5.74) is 3.53. The fourth-order valence-corrected chi connectivity index (χ4v) is 3.36. The van der Waals surface area contributed by atoms with E-state index in [-0.39, 0.29) is 11.8 Å². The number of allylic oxidation sites excluding steroid dienone is 1. The van der Waals surface area contributed by atoms with E-state index in [0.29, 0.717) is 30.0 Å². The van der Waals surface area contributed by atoms with E-state index in [1.54, 1.807) is 30.2 Å². The molecule has 1 N–H and O–H groups in total. The number of benzene rings is 2. The Bertz CT molecular complexity index is 947. The summed E-state index contributed by atoms with van der Waals surface area (Å²) in [6.07, 6.45) is 0.304. The lowest BCUT2D eigenvalue weighted by Crippen LogP contribution is -2.50. The second-order valence-corrected chi connectivity index (χ2v) is 7.62. The van der Waals surface area contributed by atoms with Crippen molar-refractivity contribution >= 4 is 23.1 Å². The SMILES string of the molecule is C=C(C)c1cccc(C(C)(C)NC(=O)N2CCC(=O)c3ccc(OC)cc32)c1. The molecule has 0 atom stereocenters. The molecule has 0 saturated heterocycles. The molecule has 0 aliphatic carbocycles. The van der Waals surface area contributed by atoms with Gasteiger partial charge in [-0.15, -0.1) is 0 Å². The molecule has 0 unspecified atom stereocenters. The molecule has 0 bridgehead atoms. The average Bonchev–Trinajstić information content (AvgIpc) is 2.67. The first-order valence-corrected chi connectivity index (χ1v) is 9.30. The molecule has 5 nitrogen and oxygen atoms in total. The van der Waals surface area contributed by atoms with Crippen molar-refractivity contribution in [1.29, 1.82) is 0 Å². The minimum Gasteiger partial charge on any atom is -0.497 e. The Labute approximate surface area is 166 Å². The molecule has 5 heteroatoms. The lowest BCUT2D eigenvalue weighted by atomic mass is 9.91. The van der Waals surface area contributed by atoms with Crippen LogP contribution in [0.3, 0.4) is 0 Å². The van der Waals surface area contributed by atoms with Gasteiger partial charge in [0.15, 0.2) is 5.78 Å². The van der Waals surface area contributed by atoms with Crippen LogP contribution < -0.4 is 15.0 Å². The Balaban J connectivity index is 1.89. The number of carbonyl (C=O) groups is 2. The standard InChI is InChI=1S/C23H26N2O3/c1-15(2)16-7-6-8-17(13-16)23(3,4)24-22(27)25-12-11-21(26)19-10-9-18(28-5)14-20(19)25/h6-10,13-14H,1,11-12H2,2-5H3,(H,24,27). The molecule has 1 aliphatic heterocycles. The summed E-state index contributed by atoms with van der Waals surface area (Å²) < 4.78 is 5.27. The highest BCUT2D eigenvalue weighted by molar-refractivity contribution is 6.08. The van der Waals surface area contributed by atoms with Gasteiger partial charge < -0.3 is 10.1 Å². The van der Waals surface area contributed by atoms with E-state index in [1.807, 2.05) is 45.0 Å². The van der Waals surface area contributed by atoms with E-state index in [9.17, 15) is 9.59 Å². The highest BCUT2D eigenvalue weighted by Crippen LogP contribution is 2.32. The Hall–Kier alpha value is -3.08. The largest absolute Gasteiger partial charge is 0.497 e. The summed E-state index contributed by atoms with van der Waals surface area (Å²) in [6.45, 7) is 10.2. The van der Waals surface area contributed by atoms with E-state index in [2.05, 4.69) is 11.9 Å². The lowest BCUT2D eigenvalue weighted by molar-refractivity contribution is 0.0981. The van der Waals surface area contributed by atoms with Crippen molar-refractivity contribution < 1.29 is 14.3 Å². The zero-order valence-electron chi connectivity index (χ0n) is 16.8. The van der Waals surface area contributed by atoms with Crippen LogP contribution in [0.5, 0.6) is 5.75 Å². The summed E-state index contributed by atoms with van der Waals surface area (Å²) in [7, 11) is 1.56. The van der Waals surface area contributed by atoms with Crippen LogP contribution in [-0.4, -0.2) is 25.5 Å². The van der Waals surface area contributed by atoms with E-state index in [0.717, 1.165) is 16.7 Å². The molecule has 2 amide bonds. The van der Waals surface area contributed by atoms with Gasteiger partial charge in [-0.1, -0.05) is 30.4 Å². The number of Topliss-reactive ketones (excluding diaryl/α,β-unsaturated/α-hetero) is 1. The molecule has 28 heavy (non-hydrogen) atoms. The first-order chi connectivity index (χ1) is 13.2. The number of amides is 2. The third-order valence-corrected chi connectivity index (χ3v) is 5.10. The van der Waals surface area contributed by atoms with Gasteiger partial charge in [-0.05, 0) is 50.1 Å². The quantitative estimate of drug-likeness (QED) is 0.834. The summed E-state index contributed by atoms with van der Waals surface area (Å²) >= 11 is 0. The molecule has 0 spiro atoms. The monoisotopic (exact) mass is 378 g/mol. The van der Waals surface area contributed by atoms with Crippen LogP contribution in [0.4, 0.5) is 10.5 Å². The van der Waals surface area contributed by atoms with E-state index in [4.69, 9.17) is 4.74 Å². The van der Waals surface area contributed by atoms with Gasteiger partial charge >= 0.3 is 6.03 Å². The summed E-state index contributed by atoms with van der Waals surface area (Å²) in [5, 5.41) is 3.11. The third kappa shape index (κ3) is 3.79. The summed E-state index contributed by atoms with van der Waals surface area (Å²) in [6, 6.07) is 13.0. The molecule has 1 heterocycles. The summed E-state index contributed by atoms with van der Waals surface area (Å²) in [5.74, 6) is 0.648. The molecule has 0 radical (unpaired) electrons. The van der Waals surface area contributed by atoms with Gasteiger partial charge in [0.2, 0.25) is 0 Å². The minimum absolute atomic E-state index is 0.0372. The number of anilines is 1. The van der Waals surface area contributed by atoms with Crippen molar-refractivity contribution in [3.63, 3.8) is 0 Å². The molecule has 146 valence electrons. The van der Waals surface area contributed by atoms with E-state index >= 15 is 0 Å². The molecular formula is C23H26N2O3. The average molecular weight is 378 g/mol. The van der Waals surface area contributed by atoms with Crippen molar-refractivity contribution in [1.82, 2.24) is 5.32 Å². The number of urea groups is 1. The maximum absolute atomic E-state index is 13.1. The van der Waals surface area contributed by atoms with Crippen LogP contribution in [0.15, 0.2) is 49.0 Å². The Morgan fingerprint density at radius 1 is 1.21 bits per heavy atom. The molecule has 0 aromatic heterocycles. The summed E-state index contributed by atoms with van der Waals surface area (Å²) in [4.78, 5) is 27.0. The molecular weight excluding hydrogens is 352 g/mol.